The van der Waals surface area contributed by atoms with E-state index in [2.05, 4.69) is 17.9 Å². The van der Waals surface area contributed by atoms with Gasteiger partial charge in [-0.25, -0.2) is 0 Å². The van der Waals surface area contributed by atoms with Gasteiger partial charge in [-0.15, -0.1) is 0 Å². The van der Waals surface area contributed by atoms with E-state index in [9.17, 15) is 4.79 Å². The molecular weight excluding hydrogens is 242 g/mol. The summed E-state index contributed by atoms with van der Waals surface area (Å²) in [6.45, 7) is 3.87. The molecule has 0 aliphatic carbocycles. The van der Waals surface area contributed by atoms with E-state index >= 15 is 0 Å². The van der Waals surface area contributed by atoms with Crippen molar-refractivity contribution in [3.8, 4) is 5.75 Å². The van der Waals surface area contributed by atoms with E-state index in [0.29, 0.717) is 0 Å². The predicted molar refractivity (Wildman–Crippen MR) is 74.8 cm³/mol. The van der Waals surface area contributed by atoms with E-state index in [0.717, 1.165) is 37.4 Å². The third-order valence-electron chi connectivity index (χ3n) is 3.97. The standard InChI is InChI=1S/C15H21NO3/c1-15(11-14(17)18)6-8-16(9-7-15)12-4-3-5-13(10-12)19-2/h3-5,10H,6-9,11H2,1-2H3,(H,17,18). The Hall–Kier alpha value is -1.71. The fraction of sp³-hybridized carbons (Fsp3) is 0.533. The quantitative estimate of drug-likeness (QED) is 0.907. The Kier molecular flexibility index (Phi) is 3.98. The van der Waals surface area contributed by atoms with Crippen LogP contribution in [0.4, 0.5) is 5.69 Å². The fourth-order valence-electron chi connectivity index (χ4n) is 2.65. The first-order chi connectivity index (χ1) is 9.02. The molecular formula is C15H21NO3. The molecule has 1 aliphatic rings. The molecule has 1 N–H and O–H groups in total. The first kappa shape index (κ1) is 13.7. The van der Waals surface area contributed by atoms with Gasteiger partial charge in [-0.05, 0) is 30.4 Å². The highest BCUT2D eigenvalue weighted by Gasteiger charge is 2.32. The number of anilines is 1. The lowest BCUT2D eigenvalue weighted by Gasteiger charge is -2.39. The van der Waals surface area contributed by atoms with Gasteiger partial charge in [0.05, 0.1) is 13.5 Å². The molecule has 104 valence electrons. The van der Waals surface area contributed by atoms with Crippen molar-refractivity contribution in [3.63, 3.8) is 0 Å². The summed E-state index contributed by atoms with van der Waals surface area (Å²) in [5.74, 6) is 0.161. The minimum absolute atomic E-state index is 0.0683. The molecule has 0 unspecified atom stereocenters. The number of hydrogen-bond donors (Lipinski definition) is 1. The van der Waals surface area contributed by atoms with Crippen LogP contribution in [0.1, 0.15) is 26.2 Å². The minimum atomic E-state index is -0.697. The summed E-state index contributed by atoms with van der Waals surface area (Å²) in [5.41, 5.74) is 1.08. The van der Waals surface area contributed by atoms with Crippen molar-refractivity contribution < 1.29 is 14.6 Å². The highest BCUT2D eigenvalue weighted by Crippen LogP contribution is 2.36. The highest BCUT2D eigenvalue weighted by molar-refractivity contribution is 5.67. The molecule has 0 saturated carbocycles. The monoisotopic (exact) mass is 263 g/mol. The summed E-state index contributed by atoms with van der Waals surface area (Å²) in [6.07, 6.45) is 2.09. The topological polar surface area (TPSA) is 49.8 Å². The number of ether oxygens (including phenoxy) is 1. The zero-order chi connectivity index (χ0) is 13.9. The van der Waals surface area contributed by atoms with Gasteiger partial charge < -0.3 is 14.7 Å². The van der Waals surface area contributed by atoms with Gasteiger partial charge in [-0.3, -0.25) is 4.79 Å². The van der Waals surface area contributed by atoms with Crippen molar-refractivity contribution in [2.75, 3.05) is 25.1 Å². The fourth-order valence-corrected chi connectivity index (χ4v) is 2.65. The van der Waals surface area contributed by atoms with Crippen LogP contribution in [0, 0.1) is 5.41 Å². The van der Waals surface area contributed by atoms with Crippen LogP contribution in [-0.2, 0) is 4.79 Å². The molecule has 4 nitrogen and oxygen atoms in total. The minimum Gasteiger partial charge on any atom is -0.497 e. The summed E-state index contributed by atoms with van der Waals surface area (Å²) in [4.78, 5) is 13.2. The van der Waals surface area contributed by atoms with Crippen molar-refractivity contribution in [2.24, 2.45) is 5.41 Å². The van der Waals surface area contributed by atoms with E-state index in [1.165, 1.54) is 0 Å². The number of rotatable bonds is 4. The predicted octanol–water partition coefficient (Wildman–Crippen LogP) is 2.78. The van der Waals surface area contributed by atoms with Crippen LogP contribution in [0.15, 0.2) is 24.3 Å². The molecule has 0 amide bonds. The molecule has 19 heavy (non-hydrogen) atoms. The Morgan fingerprint density at radius 1 is 1.42 bits per heavy atom. The highest BCUT2D eigenvalue weighted by atomic mass is 16.5. The second-order valence-corrected chi connectivity index (χ2v) is 5.57. The maximum atomic E-state index is 10.9. The lowest BCUT2D eigenvalue weighted by Crippen LogP contribution is -2.39. The van der Waals surface area contributed by atoms with Crippen molar-refractivity contribution in [2.45, 2.75) is 26.2 Å². The van der Waals surface area contributed by atoms with E-state index in [-0.39, 0.29) is 11.8 Å². The molecule has 2 rings (SSSR count). The summed E-state index contributed by atoms with van der Waals surface area (Å²) in [7, 11) is 1.67. The largest absolute Gasteiger partial charge is 0.497 e. The van der Waals surface area contributed by atoms with Gasteiger partial charge >= 0.3 is 5.97 Å². The van der Waals surface area contributed by atoms with Crippen LogP contribution in [0.5, 0.6) is 5.75 Å². The number of methoxy groups -OCH3 is 1. The SMILES string of the molecule is COc1cccc(N2CCC(C)(CC(=O)O)CC2)c1. The molecule has 0 bridgehead atoms. The average Bonchev–Trinajstić information content (AvgIpc) is 2.38. The lowest BCUT2D eigenvalue weighted by atomic mass is 9.77. The van der Waals surface area contributed by atoms with Crippen LogP contribution in [0.25, 0.3) is 0 Å². The molecule has 0 atom stereocenters. The van der Waals surface area contributed by atoms with E-state index in [1.807, 2.05) is 18.2 Å². The lowest BCUT2D eigenvalue weighted by molar-refractivity contribution is -0.139. The van der Waals surface area contributed by atoms with E-state index < -0.39 is 5.97 Å². The zero-order valence-corrected chi connectivity index (χ0v) is 11.6. The number of piperidine rings is 1. The third-order valence-corrected chi connectivity index (χ3v) is 3.97. The van der Waals surface area contributed by atoms with Crippen molar-refractivity contribution >= 4 is 11.7 Å². The van der Waals surface area contributed by atoms with Gasteiger partial charge in [-0.2, -0.15) is 0 Å². The summed E-state index contributed by atoms with van der Waals surface area (Å²) < 4.78 is 5.23. The summed E-state index contributed by atoms with van der Waals surface area (Å²) >= 11 is 0. The first-order valence-electron chi connectivity index (χ1n) is 6.63. The molecule has 1 aromatic carbocycles. The van der Waals surface area contributed by atoms with Crippen LogP contribution in [0.2, 0.25) is 0 Å². The van der Waals surface area contributed by atoms with E-state index in [4.69, 9.17) is 9.84 Å². The molecule has 0 radical (unpaired) electrons. The van der Waals surface area contributed by atoms with Crippen LogP contribution < -0.4 is 9.64 Å². The molecule has 4 heteroatoms. The number of aliphatic carboxylic acids is 1. The molecule has 0 aromatic heterocycles. The molecule has 1 aromatic rings. The van der Waals surface area contributed by atoms with Gasteiger partial charge in [0.2, 0.25) is 0 Å². The number of carbonyl (C=O) groups is 1. The van der Waals surface area contributed by atoms with Crippen LogP contribution >= 0.6 is 0 Å². The first-order valence-corrected chi connectivity index (χ1v) is 6.63. The van der Waals surface area contributed by atoms with Crippen LogP contribution in [-0.4, -0.2) is 31.3 Å². The van der Waals surface area contributed by atoms with Crippen molar-refractivity contribution in [1.29, 1.82) is 0 Å². The van der Waals surface area contributed by atoms with Gasteiger partial charge in [0.1, 0.15) is 5.75 Å². The summed E-state index contributed by atoms with van der Waals surface area (Å²) in [6, 6.07) is 8.02. The Balaban J connectivity index is 2.01. The Morgan fingerprint density at radius 2 is 2.11 bits per heavy atom. The Bertz CT molecular complexity index is 450. The van der Waals surface area contributed by atoms with Gasteiger partial charge in [0.15, 0.2) is 0 Å². The smallest absolute Gasteiger partial charge is 0.303 e. The van der Waals surface area contributed by atoms with Crippen molar-refractivity contribution in [3.05, 3.63) is 24.3 Å². The van der Waals surface area contributed by atoms with Gasteiger partial charge in [0, 0.05) is 24.8 Å². The zero-order valence-electron chi connectivity index (χ0n) is 11.6. The third kappa shape index (κ3) is 3.40. The molecule has 0 spiro atoms. The number of carboxylic acid groups (broad SMARTS) is 1. The molecule has 1 aliphatic heterocycles. The van der Waals surface area contributed by atoms with Crippen LogP contribution in [0.3, 0.4) is 0 Å². The van der Waals surface area contributed by atoms with Gasteiger partial charge in [0.25, 0.3) is 0 Å². The van der Waals surface area contributed by atoms with E-state index in [1.54, 1.807) is 7.11 Å². The Morgan fingerprint density at radius 3 is 2.68 bits per heavy atom. The maximum Gasteiger partial charge on any atom is 0.303 e. The number of benzene rings is 1. The second-order valence-electron chi connectivity index (χ2n) is 5.57. The second kappa shape index (κ2) is 5.51. The molecule has 1 heterocycles. The molecule has 1 fully saturated rings. The number of hydrogen-bond acceptors (Lipinski definition) is 3. The van der Waals surface area contributed by atoms with Gasteiger partial charge in [-0.1, -0.05) is 13.0 Å². The maximum absolute atomic E-state index is 10.9. The molecule has 1 saturated heterocycles. The average molecular weight is 263 g/mol. The van der Waals surface area contributed by atoms with Crippen molar-refractivity contribution in [1.82, 2.24) is 0 Å². The normalized spacial score (nSPS) is 18.1. The number of carboxylic acids is 1. The summed E-state index contributed by atoms with van der Waals surface area (Å²) in [5, 5.41) is 8.95. The Labute approximate surface area is 114 Å². The number of nitrogens with zero attached hydrogens (tertiary/aromatic N) is 1.